The van der Waals surface area contributed by atoms with E-state index in [0.29, 0.717) is 11.1 Å². The number of aryl methyl sites for hydroxylation is 3. The fourth-order valence-electron chi connectivity index (χ4n) is 5.03. The Morgan fingerprint density at radius 3 is 1.97 bits per heavy atom. The minimum Gasteiger partial charge on any atom is -0.454 e. The van der Waals surface area contributed by atoms with Gasteiger partial charge in [0, 0.05) is 22.4 Å². The number of nitrogens with zero attached hydrogens (tertiary/aromatic N) is 1. The van der Waals surface area contributed by atoms with Gasteiger partial charge >= 0.3 is 0 Å². The highest BCUT2D eigenvalue weighted by Gasteiger charge is 2.23. The molecule has 0 spiro atoms. The van der Waals surface area contributed by atoms with Crippen molar-refractivity contribution in [3.8, 4) is 33.5 Å². The lowest BCUT2D eigenvalue weighted by atomic mass is 9.97. The lowest BCUT2D eigenvalue weighted by molar-refractivity contribution is -0.660. The summed E-state index contributed by atoms with van der Waals surface area (Å²) in [5, 5.41) is 1.91. The Kier molecular flexibility index (Phi) is 5.00. The molecule has 0 saturated carbocycles. The highest BCUT2D eigenvalue weighted by Crippen LogP contribution is 2.41. The monoisotopic (exact) mass is 458 g/mol. The zero-order valence-corrected chi connectivity index (χ0v) is 20.0. The van der Waals surface area contributed by atoms with Gasteiger partial charge in [0.05, 0.1) is 11.1 Å². The summed E-state index contributed by atoms with van der Waals surface area (Å²) in [5.41, 5.74) is 9.28. The summed E-state index contributed by atoms with van der Waals surface area (Å²) < 4.78 is 24.0. The lowest BCUT2D eigenvalue weighted by Crippen LogP contribution is -2.31. The van der Waals surface area contributed by atoms with Gasteiger partial charge in [0.1, 0.15) is 24.0 Å². The maximum absolute atomic E-state index is 15.3. The van der Waals surface area contributed by atoms with Crippen LogP contribution < -0.4 is 4.57 Å². The number of aromatic nitrogens is 1. The van der Waals surface area contributed by atoms with Gasteiger partial charge in [-0.3, -0.25) is 0 Å². The van der Waals surface area contributed by atoms with Crippen LogP contribution in [0, 0.1) is 19.7 Å². The fourth-order valence-corrected chi connectivity index (χ4v) is 5.03. The second-order valence-electron chi connectivity index (χ2n) is 9.18. The minimum absolute atomic E-state index is 0.289. The third kappa shape index (κ3) is 3.52. The first-order chi connectivity index (χ1) is 17.0. The molecule has 35 heavy (non-hydrogen) atoms. The highest BCUT2D eigenvalue weighted by molar-refractivity contribution is 6.13. The molecule has 0 N–H and O–H groups in total. The molecule has 2 aromatic heterocycles. The zero-order chi connectivity index (χ0) is 24.1. The number of benzene rings is 4. The Hall–Kier alpha value is -4.24. The van der Waals surface area contributed by atoms with E-state index in [1.54, 1.807) is 6.07 Å². The van der Waals surface area contributed by atoms with Gasteiger partial charge in [-0.05, 0) is 54.3 Å². The largest absolute Gasteiger partial charge is 0.454 e. The smallest absolute Gasteiger partial charge is 0.216 e. The van der Waals surface area contributed by atoms with Gasteiger partial charge in [0.2, 0.25) is 5.69 Å². The summed E-state index contributed by atoms with van der Waals surface area (Å²) in [6, 6.07) is 30.0. The van der Waals surface area contributed by atoms with Gasteiger partial charge in [-0.25, -0.2) is 8.96 Å². The van der Waals surface area contributed by atoms with Crippen LogP contribution >= 0.6 is 0 Å². The summed E-state index contributed by atoms with van der Waals surface area (Å²) in [7, 11) is 2.04. The molecular weight excluding hydrogens is 433 g/mol. The molecule has 2 nitrogen and oxygen atoms in total. The number of furan rings is 1. The first-order valence-electron chi connectivity index (χ1n) is 11.8. The van der Waals surface area contributed by atoms with Crippen molar-refractivity contribution >= 4 is 21.9 Å². The number of fused-ring (bicyclic) bond motifs is 3. The van der Waals surface area contributed by atoms with Crippen molar-refractivity contribution in [2.75, 3.05) is 0 Å². The molecule has 0 aliphatic heterocycles. The first-order valence-corrected chi connectivity index (χ1v) is 11.8. The van der Waals surface area contributed by atoms with E-state index in [4.69, 9.17) is 4.42 Å². The lowest BCUT2D eigenvalue weighted by Gasteiger charge is -2.07. The van der Waals surface area contributed by atoms with Crippen molar-refractivity contribution in [1.82, 2.24) is 0 Å². The van der Waals surface area contributed by atoms with Crippen molar-refractivity contribution in [1.29, 1.82) is 0 Å². The van der Waals surface area contributed by atoms with Gasteiger partial charge in [-0.2, -0.15) is 0 Å². The molecular formula is C32H25FNO+. The van der Waals surface area contributed by atoms with Crippen LogP contribution in [0.5, 0.6) is 0 Å². The summed E-state index contributed by atoms with van der Waals surface area (Å²) in [5.74, 6) is -0.289. The van der Waals surface area contributed by atoms with Crippen LogP contribution in [-0.2, 0) is 7.05 Å². The molecule has 6 rings (SSSR count). The van der Waals surface area contributed by atoms with Crippen LogP contribution in [0.25, 0.3) is 55.4 Å². The second kappa shape index (κ2) is 8.21. The van der Waals surface area contributed by atoms with Crippen molar-refractivity contribution in [2.24, 2.45) is 7.05 Å². The van der Waals surface area contributed by atoms with Crippen LogP contribution in [0.15, 0.2) is 102 Å². The molecule has 0 radical (unpaired) electrons. The summed E-state index contributed by atoms with van der Waals surface area (Å²) in [6.45, 7) is 4.17. The molecule has 0 bridgehead atoms. The second-order valence-corrected chi connectivity index (χ2v) is 9.18. The highest BCUT2D eigenvalue weighted by atomic mass is 19.1. The fraction of sp³-hybridized carbons (Fsp3) is 0.0938. The van der Waals surface area contributed by atoms with Crippen LogP contribution in [0.1, 0.15) is 11.1 Å². The van der Waals surface area contributed by atoms with Crippen LogP contribution in [-0.4, -0.2) is 0 Å². The molecule has 0 aliphatic rings. The zero-order valence-electron chi connectivity index (χ0n) is 20.0. The van der Waals surface area contributed by atoms with E-state index < -0.39 is 0 Å². The summed E-state index contributed by atoms with van der Waals surface area (Å²) >= 11 is 0. The first kappa shape index (κ1) is 21.3. The van der Waals surface area contributed by atoms with Gasteiger partial charge in [0.15, 0.2) is 6.20 Å². The van der Waals surface area contributed by atoms with Crippen molar-refractivity contribution in [3.05, 3.63) is 114 Å². The molecule has 0 unspecified atom stereocenters. The maximum Gasteiger partial charge on any atom is 0.216 e. The van der Waals surface area contributed by atoms with E-state index in [9.17, 15) is 0 Å². The van der Waals surface area contributed by atoms with E-state index in [-0.39, 0.29) is 5.82 Å². The standard InChI is InChI=1S/C32H25FNO/c1-20-9-18-28(34(3)19-20)29-21(2)10-15-25-26-16-17-27(33)30(32(26)35-31(25)29)24-13-11-23(12-14-24)22-7-5-4-6-8-22/h4-19H,1-3H3/q+1. The summed E-state index contributed by atoms with van der Waals surface area (Å²) in [6.07, 6.45) is 2.11. The molecule has 4 aromatic carbocycles. The number of halogens is 1. The quantitative estimate of drug-likeness (QED) is 0.244. The van der Waals surface area contributed by atoms with E-state index in [2.05, 4.69) is 61.0 Å². The van der Waals surface area contributed by atoms with E-state index in [0.717, 1.165) is 49.9 Å². The SMILES string of the molecule is Cc1ccc(-c2c(C)ccc3c2oc2c(-c4ccc(-c5ccccc5)cc4)c(F)ccc23)[n+](C)c1. The predicted molar refractivity (Wildman–Crippen MR) is 141 cm³/mol. The molecule has 3 heteroatoms. The van der Waals surface area contributed by atoms with Crippen molar-refractivity contribution < 1.29 is 13.4 Å². The van der Waals surface area contributed by atoms with Crippen LogP contribution in [0.4, 0.5) is 4.39 Å². The average molecular weight is 459 g/mol. The third-order valence-corrected chi connectivity index (χ3v) is 6.79. The minimum atomic E-state index is -0.289. The molecule has 0 atom stereocenters. The number of hydrogen-bond acceptors (Lipinski definition) is 1. The molecule has 170 valence electrons. The Bertz CT molecular complexity index is 1710. The number of pyridine rings is 1. The van der Waals surface area contributed by atoms with Crippen LogP contribution in [0.2, 0.25) is 0 Å². The van der Waals surface area contributed by atoms with Crippen LogP contribution in [0.3, 0.4) is 0 Å². The average Bonchev–Trinajstić information content (AvgIpc) is 3.24. The number of rotatable bonds is 3. The van der Waals surface area contributed by atoms with Crippen molar-refractivity contribution in [2.45, 2.75) is 13.8 Å². The molecule has 0 fully saturated rings. The van der Waals surface area contributed by atoms with Gasteiger partial charge < -0.3 is 4.42 Å². The molecule has 0 aliphatic carbocycles. The Balaban J connectivity index is 1.58. The van der Waals surface area contributed by atoms with Crippen molar-refractivity contribution in [3.63, 3.8) is 0 Å². The van der Waals surface area contributed by atoms with Gasteiger partial charge in [-0.15, -0.1) is 0 Å². The predicted octanol–water partition coefficient (Wildman–Crippen LogP) is 8.17. The Morgan fingerprint density at radius 2 is 1.26 bits per heavy atom. The summed E-state index contributed by atoms with van der Waals surface area (Å²) in [4.78, 5) is 0. The normalized spacial score (nSPS) is 11.4. The Morgan fingerprint density at radius 1 is 0.629 bits per heavy atom. The van der Waals surface area contributed by atoms with E-state index in [1.165, 1.54) is 5.56 Å². The van der Waals surface area contributed by atoms with Gasteiger partial charge in [-0.1, -0.05) is 66.7 Å². The molecule has 0 saturated heterocycles. The Labute approximate surface area is 203 Å². The number of hydrogen-bond donors (Lipinski definition) is 0. The third-order valence-electron chi connectivity index (χ3n) is 6.79. The molecule has 0 amide bonds. The van der Waals surface area contributed by atoms with E-state index in [1.807, 2.05) is 55.6 Å². The molecule has 2 heterocycles. The molecule has 6 aromatic rings. The van der Waals surface area contributed by atoms with Gasteiger partial charge in [0.25, 0.3) is 0 Å². The maximum atomic E-state index is 15.3. The van der Waals surface area contributed by atoms with E-state index >= 15 is 4.39 Å². The topological polar surface area (TPSA) is 17.0 Å².